The van der Waals surface area contributed by atoms with E-state index >= 15 is 0 Å². The topological polar surface area (TPSA) is 66.8 Å². The third-order valence-corrected chi connectivity index (χ3v) is 2.97. The van der Waals surface area contributed by atoms with Crippen LogP contribution in [0.25, 0.3) is 0 Å². The summed E-state index contributed by atoms with van der Waals surface area (Å²) in [6.45, 7) is 0.847. The molecule has 1 fully saturated rings. The Morgan fingerprint density at radius 1 is 1.44 bits per heavy atom. The molecule has 1 aromatic carbocycles. The SMILES string of the molecule is O=C(O)CC1(c2cccc(CO)c2)COC1. The van der Waals surface area contributed by atoms with Crippen LogP contribution in [0.3, 0.4) is 0 Å². The van der Waals surface area contributed by atoms with Crippen molar-refractivity contribution in [3.63, 3.8) is 0 Å². The van der Waals surface area contributed by atoms with Crippen LogP contribution in [-0.4, -0.2) is 29.4 Å². The van der Waals surface area contributed by atoms with E-state index in [4.69, 9.17) is 14.9 Å². The first-order valence-corrected chi connectivity index (χ1v) is 5.16. The summed E-state index contributed by atoms with van der Waals surface area (Å²) < 4.78 is 5.14. The van der Waals surface area contributed by atoms with Crippen LogP contribution in [-0.2, 0) is 21.6 Å². The number of rotatable bonds is 4. The summed E-state index contributed by atoms with van der Waals surface area (Å²) in [4.78, 5) is 10.8. The normalized spacial score (nSPS) is 17.8. The lowest BCUT2D eigenvalue weighted by Crippen LogP contribution is -2.48. The number of aliphatic carboxylic acids is 1. The van der Waals surface area contributed by atoms with E-state index in [9.17, 15) is 4.79 Å². The average Bonchev–Trinajstić information content (AvgIpc) is 2.23. The molecule has 0 aliphatic carbocycles. The first kappa shape index (κ1) is 11.1. The molecule has 4 nitrogen and oxygen atoms in total. The monoisotopic (exact) mass is 222 g/mol. The Bertz CT molecular complexity index is 396. The zero-order chi connectivity index (χ0) is 11.6. The number of hydrogen-bond acceptors (Lipinski definition) is 3. The number of benzene rings is 1. The van der Waals surface area contributed by atoms with E-state index in [1.807, 2.05) is 24.3 Å². The van der Waals surface area contributed by atoms with Crippen LogP contribution in [0.2, 0.25) is 0 Å². The number of aliphatic hydroxyl groups excluding tert-OH is 1. The van der Waals surface area contributed by atoms with Crippen LogP contribution in [0.5, 0.6) is 0 Å². The van der Waals surface area contributed by atoms with Gasteiger partial charge in [0.15, 0.2) is 0 Å². The fourth-order valence-corrected chi connectivity index (χ4v) is 2.01. The lowest BCUT2D eigenvalue weighted by Gasteiger charge is -2.41. The minimum Gasteiger partial charge on any atom is -0.481 e. The van der Waals surface area contributed by atoms with Crippen LogP contribution in [0.1, 0.15) is 17.5 Å². The molecule has 1 aliphatic rings. The van der Waals surface area contributed by atoms with Gasteiger partial charge in [0.25, 0.3) is 0 Å². The van der Waals surface area contributed by atoms with Crippen molar-refractivity contribution in [3.05, 3.63) is 35.4 Å². The van der Waals surface area contributed by atoms with Gasteiger partial charge in [-0.25, -0.2) is 0 Å². The average molecular weight is 222 g/mol. The van der Waals surface area contributed by atoms with Crippen molar-refractivity contribution in [2.45, 2.75) is 18.4 Å². The van der Waals surface area contributed by atoms with Crippen molar-refractivity contribution in [1.29, 1.82) is 0 Å². The molecule has 86 valence electrons. The lowest BCUT2D eigenvalue weighted by molar-refractivity contribution is -0.145. The van der Waals surface area contributed by atoms with Crippen LogP contribution in [0.15, 0.2) is 24.3 Å². The van der Waals surface area contributed by atoms with Gasteiger partial charge in [-0.2, -0.15) is 0 Å². The number of hydrogen-bond donors (Lipinski definition) is 2. The summed E-state index contributed by atoms with van der Waals surface area (Å²) in [6.07, 6.45) is 0.0713. The molecule has 1 heterocycles. The second kappa shape index (κ2) is 4.23. The molecule has 0 unspecified atom stereocenters. The van der Waals surface area contributed by atoms with Gasteiger partial charge >= 0.3 is 5.97 Å². The Balaban J connectivity index is 2.29. The van der Waals surface area contributed by atoms with E-state index < -0.39 is 11.4 Å². The highest BCUT2D eigenvalue weighted by Gasteiger charge is 2.42. The van der Waals surface area contributed by atoms with E-state index in [-0.39, 0.29) is 13.0 Å². The van der Waals surface area contributed by atoms with Gasteiger partial charge in [0.05, 0.1) is 31.7 Å². The number of carboxylic acids is 1. The smallest absolute Gasteiger partial charge is 0.304 e. The highest BCUT2D eigenvalue weighted by molar-refractivity contribution is 5.69. The van der Waals surface area contributed by atoms with Gasteiger partial charge in [-0.1, -0.05) is 24.3 Å². The fourth-order valence-electron chi connectivity index (χ4n) is 2.01. The summed E-state index contributed by atoms with van der Waals surface area (Å²) >= 11 is 0. The van der Waals surface area contributed by atoms with Gasteiger partial charge in [0.2, 0.25) is 0 Å². The second-order valence-electron chi connectivity index (χ2n) is 4.20. The van der Waals surface area contributed by atoms with Crippen molar-refractivity contribution in [1.82, 2.24) is 0 Å². The Labute approximate surface area is 93.5 Å². The van der Waals surface area contributed by atoms with Crippen molar-refractivity contribution in [2.24, 2.45) is 0 Å². The lowest BCUT2D eigenvalue weighted by atomic mass is 9.75. The molecule has 4 heteroatoms. The quantitative estimate of drug-likeness (QED) is 0.795. The third kappa shape index (κ3) is 1.94. The summed E-state index contributed by atoms with van der Waals surface area (Å²) in [5.74, 6) is -0.822. The van der Waals surface area contributed by atoms with Crippen molar-refractivity contribution < 1.29 is 19.7 Å². The predicted molar refractivity (Wildman–Crippen MR) is 57.1 cm³/mol. The van der Waals surface area contributed by atoms with Crippen LogP contribution >= 0.6 is 0 Å². The first-order valence-electron chi connectivity index (χ1n) is 5.16. The van der Waals surface area contributed by atoms with E-state index in [0.717, 1.165) is 11.1 Å². The molecule has 1 saturated heterocycles. The molecule has 0 spiro atoms. The molecule has 0 aromatic heterocycles. The maximum absolute atomic E-state index is 10.8. The Hall–Kier alpha value is -1.39. The first-order chi connectivity index (χ1) is 7.66. The van der Waals surface area contributed by atoms with Gasteiger partial charge < -0.3 is 14.9 Å². The van der Waals surface area contributed by atoms with Gasteiger partial charge in [0, 0.05) is 0 Å². The highest BCUT2D eigenvalue weighted by Crippen LogP contribution is 2.36. The van der Waals surface area contributed by atoms with E-state index in [1.54, 1.807) is 0 Å². The number of carbonyl (C=O) groups is 1. The van der Waals surface area contributed by atoms with E-state index in [1.165, 1.54) is 0 Å². The van der Waals surface area contributed by atoms with Crippen molar-refractivity contribution in [3.8, 4) is 0 Å². The summed E-state index contributed by atoms with van der Waals surface area (Å²) in [6, 6.07) is 7.40. The molecule has 0 bridgehead atoms. The second-order valence-corrected chi connectivity index (χ2v) is 4.20. The largest absolute Gasteiger partial charge is 0.481 e. The fraction of sp³-hybridized carbons (Fsp3) is 0.417. The molecule has 1 aromatic rings. The maximum atomic E-state index is 10.8. The molecule has 2 N–H and O–H groups in total. The summed E-state index contributed by atoms with van der Waals surface area (Å²) in [5, 5.41) is 17.9. The Kier molecular flexibility index (Phi) is 2.94. The molecular weight excluding hydrogens is 208 g/mol. The molecule has 0 amide bonds. The predicted octanol–water partition coefficient (Wildman–Crippen LogP) is 0.922. The molecule has 0 radical (unpaired) electrons. The molecule has 1 aliphatic heterocycles. The summed E-state index contributed by atoms with van der Waals surface area (Å²) in [5.41, 5.74) is 1.33. The Morgan fingerprint density at radius 2 is 2.19 bits per heavy atom. The number of aliphatic hydroxyl groups is 1. The third-order valence-electron chi connectivity index (χ3n) is 2.97. The van der Waals surface area contributed by atoms with Crippen LogP contribution in [0, 0.1) is 0 Å². The molecular formula is C12H14O4. The number of carboxylic acid groups (broad SMARTS) is 1. The summed E-state index contributed by atoms with van der Waals surface area (Å²) in [7, 11) is 0. The van der Waals surface area contributed by atoms with Gasteiger partial charge in [-0.05, 0) is 11.1 Å². The maximum Gasteiger partial charge on any atom is 0.304 e. The van der Waals surface area contributed by atoms with Crippen molar-refractivity contribution in [2.75, 3.05) is 13.2 Å². The van der Waals surface area contributed by atoms with Crippen LogP contribution in [0.4, 0.5) is 0 Å². The molecule has 0 saturated carbocycles. The zero-order valence-electron chi connectivity index (χ0n) is 8.85. The Morgan fingerprint density at radius 3 is 2.69 bits per heavy atom. The van der Waals surface area contributed by atoms with Gasteiger partial charge in [-0.15, -0.1) is 0 Å². The standard InChI is InChI=1S/C12H14O4/c13-6-9-2-1-3-10(4-9)12(5-11(14)15)7-16-8-12/h1-4,13H,5-8H2,(H,14,15). The highest BCUT2D eigenvalue weighted by atomic mass is 16.5. The molecule has 16 heavy (non-hydrogen) atoms. The zero-order valence-corrected chi connectivity index (χ0v) is 8.85. The van der Waals surface area contributed by atoms with Crippen molar-refractivity contribution >= 4 is 5.97 Å². The number of ether oxygens (including phenoxy) is 1. The minimum absolute atomic E-state index is 0.0299. The van der Waals surface area contributed by atoms with Gasteiger partial charge in [0.1, 0.15) is 0 Å². The van der Waals surface area contributed by atoms with Gasteiger partial charge in [-0.3, -0.25) is 4.79 Å². The molecule has 2 rings (SSSR count). The minimum atomic E-state index is -0.822. The van der Waals surface area contributed by atoms with Crippen LogP contribution < -0.4 is 0 Å². The van der Waals surface area contributed by atoms with E-state index in [2.05, 4.69) is 0 Å². The molecule has 0 atom stereocenters. The van der Waals surface area contributed by atoms with E-state index in [0.29, 0.717) is 13.2 Å².